The zero-order chi connectivity index (χ0) is 20.8. The lowest BCUT2D eigenvalue weighted by Crippen LogP contribution is -2.43. The molecule has 0 saturated carbocycles. The van der Waals surface area contributed by atoms with Crippen molar-refractivity contribution in [1.82, 2.24) is 4.90 Å². The summed E-state index contributed by atoms with van der Waals surface area (Å²) in [4.78, 5) is 27.5. The van der Waals surface area contributed by atoms with Crippen LogP contribution in [0.25, 0.3) is 0 Å². The summed E-state index contributed by atoms with van der Waals surface area (Å²) >= 11 is 0. The molecule has 2 aromatic carbocycles. The maximum atomic E-state index is 13.1. The van der Waals surface area contributed by atoms with E-state index in [1.54, 1.807) is 31.4 Å². The molecule has 5 heteroatoms. The molecule has 0 saturated heterocycles. The largest absolute Gasteiger partial charge is 0.497 e. The number of carbonyl (C=O) groups excluding carboxylic acids is 2. The molecule has 0 spiro atoms. The monoisotopic (exact) mass is 395 g/mol. The SMILES string of the molecule is COc1ccc(C(=O)C2C=C(C)CCN2CCCC(=O)c2ccc(F)cc2)cc1. The lowest BCUT2D eigenvalue weighted by Gasteiger charge is -2.33. The van der Waals surface area contributed by atoms with E-state index >= 15 is 0 Å². The highest BCUT2D eigenvalue weighted by Crippen LogP contribution is 2.22. The number of halogens is 1. The van der Waals surface area contributed by atoms with Gasteiger partial charge in [-0.25, -0.2) is 4.39 Å². The smallest absolute Gasteiger partial charge is 0.183 e. The van der Waals surface area contributed by atoms with Crippen molar-refractivity contribution in [3.05, 3.63) is 77.1 Å². The zero-order valence-corrected chi connectivity index (χ0v) is 16.9. The van der Waals surface area contributed by atoms with Crippen molar-refractivity contribution in [3.63, 3.8) is 0 Å². The van der Waals surface area contributed by atoms with Crippen molar-refractivity contribution in [2.24, 2.45) is 0 Å². The van der Waals surface area contributed by atoms with E-state index in [0.717, 1.165) is 13.0 Å². The number of ether oxygens (including phenoxy) is 1. The van der Waals surface area contributed by atoms with Crippen LogP contribution in [0.2, 0.25) is 0 Å². The summed E-state index contributed by atoms with van der Waals surface area (Å²) in [6.45, 7) is 3.49. The van der Waals surface area contributed by atoms with Gasteiger partial charge in [0.15, 0.2) is 11.6 Å². The summed E-state index contributed by atoms with van der Waals surface area (Å²) in [5, 5.41) is 0. The van der Waals surface area contributed by atoms with Gasteiger partial charge in [-0.1, -0.05) is 11.6 Å². The second-order valence-electron chi connectivity index (χ2n) is 7.37. The summed E-state index contributed by atoms with van der Waals surface area (Å²) in [7, 11) is 1.60. The molecule has 0 fully saturated rings. The van der Waals surface area contributed by atoms with Gasteiger partial charge in [0.05, 0.1) is 13.2 Å². The molecule has 1 unspecified atom stereocenters. The molecule has 152 valence electrons. The van der Waals surface area contributed by atoms with Gasteiger partial charge < -0.3 is 4.74 Å². The Bertz CT molecular complexity index is 887. The Kier molecular flexibility index (Phi) is 6.94. The van der Waals surface area contributed by atoms with E-state index < -0.39 is 0 Å². The van der Waals surface area contributed by atoms with Gasteiger partial charge in [-0.2, -0.15) is 0 Å². The van der Waals surface area contributed by atoms with Crippen LogP contribution < -0.4 is 4.74 Å². The summed E-state index contributed by atoms with van der Waals surface area (Å²) in [6.07, 6.45) is 3.96. The molecule has 4 nitrogen and oxygen atoms in total. The van der Waals surface area contributed by atoms with Gasteiger partial charge in [-0.3, -0.25) is 14.5 Å². The molecule has 0 bridgehead atoms. The highest BCUT2D eigenvalue weighted by molar-refractivity contribution is 6.01. The Morgan fingerprint density at radius 2 is 1.72 bits per heavy atom. The van der Waals surface area contributed by atoms with Gasteiger partial charge in [0.25, 0.3) is 0 Å². The summed E-state index contributed by atoms with van der Waals surface area (Å²) in [5.41, 5.74) is 2.37. The minimum absolute atomic E-state index is 0.00763. The van der Waals surface area contributed by atoms with Crippen LogP contribution in [0.3, 0.4) is 0 Å². The first kappa shape index (κ1) is 20.9. The fourth-order valence-corrected chi connectivity index (χ4v) is 3.56. The average molecular weight is 395 g/mol. The second-order valence-corrected chi connectivity index (χ2v) is 7.37. The molecular weight excluding hydrogens is 369 g/mol. The highest BCUT2D eigenvalue weighted by atomic mass is 19.1. The third kappa shape index (κ3) is 5.39. The second kappa shape index (κ2) is 9.61. The first-order chi connectivity index (χ1) is 14.0. The van der Waals surface area contributed by atoms with E-state index in [1.165, 1.54) is 29.8 Å². The average Bonchev–Trinajstić information content (AvgIpc) is 2.74. The van der Waals surface area contributed by atoms with Crippen molar-refractivity contribution in [2.75, 3.05) is 20.2 Å². The molecule has 0 amide bonds. The Hall–Kier alpha value is -2.79. The van der Waals surface area contributed by atoms with Crippen LogP contribution in [-0.2, 0) is 0 Å². The van der Waals surface area contributed by atoms with Gasteiger partial charge in [0, 0.05) is 24.1 Å². The maximum Gasteiger partial charge on any atom is 0.183 e. The Labute approximate surface area is 171 Å². The molecule has 29 heavy (non-hydrogen) atoms. The summed E-state index contributed by atoms with van der Waals surface area (Å²) < 4.78 is 18.2. The Balaban J connectivity index is 1.63. The molecule has 1 heterocycles. The fourth-order valence-electron chi connectivity index (χ4n) is 3.56. The van der Waals surface area contributed by atoms with Gasteiger partial charge in [-0.15, -0.1) is 0 Å². The quantitative estimate of drug-likeness (QED) is 0.480. The number of benzene rings is 2. The molecule has 2 aromatic rings. The maximum absolute atomic E-state index is 13.1. The van der Waals surface area contributed by atoms with Crippen molar-refractivity contribution in [1.29, 1.82) is 0 Å². The van der Waals surface area contributed by atoms with Gasteiger partial charge in [-0.05, 0) is 74.8 Å². The minimum Gasteiger partial charge on any atom is -0.497 e. The van der Waals surface area contributed by atoms with E-state index in [1.807, 2.05) is 13.0 Å². The van der Waals surface area contributed by atoms with Crippen molar-refractivity contribution in [2.45, 2.75) is 32.2 Å². The van der Waals surface area contributed by atoms with E-state index in [9.17, 15) is 14.0 Å². The zero-order valence-electron chi connectivity index (χ0n) is 16.9. The molecule has 0 N–H and O–H groups in total. The molecule has 1 aliphatic heterocycles. The summed E-state index contributed by atoms with van der Waals surface area (Å²) in [5.74, 6) is 0.410. The first-order valence-corrected chi connectivity index (χ1v) is 9.86. The standard InChI is InChI=1S/C24H26FNO3/c1-17-13-15-26(14-3-4-23(27)18-5-9-20(25)10-6-18)22(16-17)24(28)19-7-11-21(29-2)12-8-19/h5-12,16,22H,3-4,13-15H2,1-2H3. The fraction of sp³-hybridized carbons (Fsp3) is 0.333. The van der Waals surface area contributed by atoms with Crippen LogP contribution in [0.1, 0.15) is 46.9 Å². The number of carbonyl (C=O) groups is 2. The Morgan fingerprint density at radius 1 is 1.07 bits per heavy atom. The van der Waals surface area contributed by atoms with Gasteiger partial charge in [0.1, 0.15) is 11.6 Å². The number of rotatable bonds is 8. The van der Waals surface area contributed by atoms with Crippen LogP contribution >= 0.6 is 0 Å². The molecule has 0 radical (unpaired) electrons. The van der Waals surface area contributed by atoms with Gasteiger partial charge >= 0.3 is 0 Å². The lowest BCUT2D eigenvalue weighted by atomic mass is 9.95. The van der Waals surface area contributed by atoms with Crippen molar-refractivity contribution >= 4 is 11.6 Å². The number of nitrogens with zero attached hydrogens (tertiary/aromatic N) is 1. The van der Waals surface area contributed by atoms with Crippen LogP contribution in [0.15, 0.2) is 60.2 Å². The third-order valence-electron chi connectivity index (χ3n) is 5.29. The number of Topliss-reactive ketones (excluding diaryl/α,β-unsaturated/α-hetero) is 2. The van der Waals surface area contributed by atoms with Crippen molar-refractivity contribution < 1.29 is 18.7 Å². The molecule has 3 rings (SSSR count). The van der Waals surface area contributed by atoms with Crippen LogP contribution in [-0.4, -0.2) is 42.7 Å². The van der Waals surface area contributed by atoms with Crippen LogP contribution in [0.5, 0.6) is 5.75 Å². The van der Waals surface area contributed by atoms with E-state index in [-0.39, 0.29) is 23.4 Å². The van der Waals surface area contributed by atoms with E-state index in [4.69, 9.17) is 4.74 Å². The summed E-state index contributed by atoms with van der Waals surface area (Å²) in [6, 6.07) is 12.5. The van der Waals surface area contributed by atoms with Crippen LogP contribution in [0.4, 0.5) is 4.39 Å². The number of hydrogen-bond acceptors (Lipinski definition) is 4. The number of methoxy groups -OCH3 is 1. The van der Waals surface area contributed by atoms with E-state index in [0.29, 0.717) is 36.3 Å². The Morgan fingerprint density at radius 3 is 2.38 bits per heavy atom. The first-order valence-electron chi connectivity index (χ1n) is 9.86. The number of hydrogen-bond donors (Lipinski definition) is 0. The minimum atomic E-state index is -0.350. The predicted octanol–water partition coefficient (Wildman–Crippen LogP) is 4.70. The normalized spacial score (nSPS) is 16.9. The molecule has 1 aliphatic rings. The third-order valence-corrected chi connectivity index (χ3v) is 5.29. The lowest BCUT2D eigenvalue weighted by molar-refractivity contribution is 0.0852. The molecule has 0 aromatic heterocycles. The van der Waals surface area contributed by atoms with Crippen molar-refractivity contribution in [3.8, 4) is 5.75 Å². The predicted molar refractivity (Wildman–Crippen MR) is 111 cm³/mol. The number of ketones is 2. The highest BCUT2D eigenvalue weighted by Gasteiger charge is 2.27. The molecular formula is C24H26FNO3. The van der Waals surface area contributed by atoms with Gasteiger partial charge in [0.2, 0.25) is 0 Å². The molecule has 1 atom stereocenters. The van der Waals surface area contributed by atoms with E-state index in [2.05, 4.69) is 4.90 Å². The molecule has 0 aliphatic carbocycles. The topological polar surface area (TPSA) is 46.6 Å². The van der Waals surface area contributed by atoms with Crippen LogP contribution in [0, 0.1) is 5.82 Å².